The van der Waals surface area contributed by atoms with Crippen molar-refractivity contribution in [1.29, 1.82) is 0 Å². The lowest BCUT2D eigenvalue weighted by Crippen LogP contribution is -2.13. The van der Waals surface area contributed by atoms with Crippen LogP contribution < -0.4 is 5.73 Å². The molecule has 0 amide bonds. The predicted octanol–water partition coefficient (Wildman–Crippen LogP) is 1.17. The average Bonchev–Trinajstić information content (AvgIpc) is 3.04. The van der Waals surface area contributed by atoms with Crippen LogP contribution >= 0.6 is 0 Å². The van der Waals surface area contributed by atoms with E-state index in [2.05, 4.69) is 35.5 Å². The molecule has 0 atom stereocenters. The zero-order chi connectivity index (χ0) is 14.5. The molecule has 6 heteroatoms. The van der Waals surface area contributed by atoms with Crippen LogP contribution in [0.2, 0.25) is 0 Å². The van der Waals surface area contributed by atoms with Gasteiger partial charge < -0.3 is 5.73 Å². The molecule has 0 saturated carbocycles. The highest BCUT2D eigenvalue weighted by Gasteiger charge is 2.16. The van der Waals surface area contributed by atoms with Gasteiger partial charge in [0.05, 0.1) is 5.69 Å². The fraction of sp³-hybridized carbons (Fsp3) is 0.643. The molecule has 0 aliphatic carbocycles. The van der Waals surface area contributed by atoms with Gasteiger partial charge in [-0.05, 0) is 38.3 Å². The molecule has 2 aromatic rings. The average molecular weight is 276 g/mol. The first kappa shape index (κ1) is 14.7. The number of rotatable bonds is 7. The third-order valence-corrected chi connectivity index (χ3v) is 3.60. The maximum atomic E-state index is 5.74. The minimum absolute atomic E-state index is 0.664. The van der Waals surface area contributed by atoms with Gasteiger partial charge in [-0.1, -0.05) is 13.8 Å². The highest BCUT2D eigenvalue weighted by Crippen LogP contribution is 2.17. The lowest BCUT2D eigenvalue weighted by atomic mass is 10.1. The van der Waals surface area contributed by atoms with Gasteiger partial charge in [0.25, 0.3) is 0 Å². The SMILES string of the molecule is CCc1nn(Cc2ncnn2CC)c(CC)c1CCN. The lowest BCUT2D eigenvalue weighted by molar-refractivity contribution is 0.552. The molecule has 0 radical (unpaired) electrons. The fourth-order valence-corrected chi connectivity index (χ4v) is 2.64. The summed E-state index contributed by atoms with van der Waals surface area (Å²) in [6.45, 7) is 8.54. The Morgan fingerprint density at radius 2 is 1.95 bits per heavy atom. The van der Waals surface area contributed by atoms with Gasteiger partial charge in [0.2, 0.25) is 0 Å². The van der Waals surface area contributed by atoms with Crippen LogP contribution in [0.1, 0.15) is 43.5 Å². The van der Waals surface area contributed by atoms with Crippen molar-refractivity contribution in [2.24, 2.45) is 5.73 Å². The maximum absolute atomic E-state index is 5.74. The molecule has 2 N–H and O–H groups in total. The Labute approximate surface area is 120 Å². The Morgan fingerprint density at radius 1 is 1.15 bits per heavy atom. The molecule has 0 fully saturated rings. The van der Waals surface area contributed by atoms with E-state index in [9.17, 15) is 0 Å². The number of nitrogens with two attached hydrogens (primary N) is 1. The van der Waals surface area contributed by atoms with Crippen LogP contribution in [0.5, 0.6) is 0 Å². The van der Waals surface area contributed by atoms with E-state index in [4.69, 9.17) is 10.8 Å². The number of hydrogen-bond acceptors (Lipinski definition) is 4. The van der Waals surface area contributed by atoms with Crippen LogP contribution in [-0.4, -0.2) is 31.1 Å². The molecule has 0 unspecified atom stereocenters. The molecule has 2 heterocycles. The van der Waals surface area contributed by atoms with Crippen molar-refractivity contribution in [3.05, 3.63) is 29.1 Å². The predicted molar refractivity (Wildman–Crippen MR) is 78.5 cm³/mol. The molecule has 2 aromatic heterocycles. The van der Waals surface area contributed by atoms with E-state index in [0.717, 1.165) is 37.3 Å². The van der Waals surface area contributed by atoms with Gasteiger partial charge in [0.15, 0.2) is 0 Å². The monoisotopic (exact) mass is 276 g/mol. The molecule has 110 valence electrons. The first-order valence-electron chi connectivity index (χ1n) is 7.39. The van der Waals surface area contributed by atoms with Crippen molar-refractivity contribution in [2.75, 3.05) is 6.54 Å². The van der Waals surface area contributed by atoms with Crippen molar-refractivity contribution in [3.63, 3.8) is 0 Å². The fourth-order valence-electron chi connectivity index (χ4n) is 2.64. The van der Waals surface area contributed by atoms with Crippen molar-refractivity contribution >= 4 is 0 Å². The first-order chi connectivity index (χ1) is 9.74. The smallest absolute Gasteiger partial charge is 0.148 e. The zero-order valence-corrected chi connectivity index (χ0v) is 12.6. The third-order valence-electron chi connectivity index (χ3n) is 3.60. The largest absolute Gasteiger partial charge is 0.330 e. The molecular weight excluding hydrogens is 252 g/mol. The Bertz CT molecular complexity index is 554. The highest BCUT2D eigenvalue weighted by atomic mass is 15.4. The molecule has 6 nitrogen and oxygen atoms in total. The molecule has 0 aliphatic rings. The van der Waals surface area contributed by atoms with Crippen LogP contribution in [0.15, 0.2) is 6.33 Å². The number of aryl methyl sites for hydroxylation is 2. The van der Waals surface area contributed by atoms with Crippen LogP contribution in [0, 0.1) is 0 Å². The Hall–Kier alpha value is -1.69. The second-order valence-corrected chi connectivity index (χ2v) is 4.77. The lowest BCUT2D eigenvalue weighted by Gasteiger charge is -2.08. The topological polar surface area (TPSA) is 74.5 Å². The second kappa shape index (κ2) is 6.65. The van der Waals surface area contributed by atoms with Crippen molar-refractivity contribution in [1.82, 2.24) is 24.5 Å². The molecule has 20 heavy (non-hydrogen) atoms. The quantitative estimate of drug-likeness (QED) is 0.823. The van der Waals surface area contributed by atoms with Crippen LogP contribution in [0.3, 0.4) is 0 Å². The van der Waals surface area contributed by atoms with Crippen molar-refractivity contribution in [2.45, 2.75) is 53.1 Å². The summed E-state index contributed by atoms with van der Waals surface area (Å²) in [6, 6.07) is 0. The summed E-state index contributed by atoms with van der Waals surface area (Å²) in [5.74, 6) is 0.951. The van der Waals surface area contributed by atoms with Gasteiger partial charge in [-0.25, -0.2) is 9.67 Å². The van der Waals surface area contributed by atoms with Crippen LogP contribution in [-0.2, 0) is 32.4 Å². The highest BCUT2D eigenvalue weighted by molar-refractivity contribution is 5.27. The summed E-state index contributed by atoms with van der Waals surface area (Å²) in [4.78, 5) is 4.33. The van der Waals surface area contributed by atoms with E-state index < -0.39 is 0 Å². The van der Waals surface area contributed by atoms with Crippen molar-refractivity contribution in [3.8, 4) is 0 Å². The summed E-state index contributed by atoms with van der Waals surface area (Å²) >= 11 is 0. The van der Waals surface area contributed by atoms with Gasteiger partial charge in [0, 0.05) is 12.2 Å². The number of nitrogens with zero attached hydrogens (tertiary/aromatic N) is 5. The molecule has 0 spiro atoms. The normalized spacial score (nSPS) is 11.2. The van der Waals surface area contributed by atoms with E-state index >= 15 is 0 Å². The molecule has 0 aromatic carbocycles. The van der Waals surface area contributed by atoms with Crippen LogP contribution in [0.4, 0.5) is 0 Å². The third kappa shape index (κ3) is 2.75. The summed E-state index contributed by atoms with van der Waals surface area (Å²) in [5.41, 5.74) is 9.49. The maximum Gasteiger partial charge on any atom is 0.148 e. The number of hydrogen-bond donors (Lipinski definition) is 1. The van der Waals surface area contributed by atoms with Crippen LogP contribution in [0.25, 0.3) is 0 Å². The molecule has 0 bridgehead atoms. The molecule has 0 saturated heterocycles. The van der Waals surface area contributed by atoms with E-state index in [0.29, 0.717) is 13.1 Å². The molecule has 2 rings (SSSR count). The van der Waals surface area contributed by atoms with Gasteiger partial charge in [-0.15, -0.1) is 0 Å². The first-order valence-corrected chi connectivity index (χ1v) is 7.39. The van der Waals surface area contributed by atoms with Gasteiger partial charge in [0.1, 0.15) is 18.7 Å². The Morgan fingerprint density at radius 3 is 2.55 bits per heavy atom. The standard InChI is InChI=1S/C14H24N6/c1-4-12-11(7-8-15)13(5-2)20(18-12)9-14-16-10-17-19(14)6-3/h10H,4-9,15H2,1-3H3. The van der Waals surface area contributed by atoms with E-state index in [-0.39, 0.29) is 0 Å². The summed E-state index contributed by atoms with van der Waals surface area (Å²) in [5, 5.41) is 8.96. The Balaban J connectivity index is 2.36. The van der Waals surface area contributed by atoms with Gasteiger partial charge in [-0.3, -0.25) is 4.68 Å². The number of aromatic nitrogens is 5. The zero-order valence-electron chi connectivity index (χ0n) is 12.6. The van der Waals surface area contributed by atoms with Gasteiger partial charge >= 0.3 is 0 Å². The minimum Gasteiger partial charge on any atom is -0.330 e. The second-order valence-electron chi connectivity index (χ2n) is 4.77. The van der Waals surface area contributed by atoms with E-state index in [1.807, 2.05) is 4.68 Å². The summed E-state index contributed by atoms with van der Waals surface area (Å²) in [7, 11) is 0. The molecule has 0 aliphatic heterocycles. The Kier molecular flexibility index (Phi) is 4.89. The molecular formula is C14H24N6. The van der Waals surface area contributed by atoms with Gasteiger partial charge in [-0.2, -0.15) is 10.2 Å². The van der Waals surface area contributed by atoms with E-state index in [1.54, 1.807) is 6.33 Å². The van der Waals surface area contributed by atoms with E-state index in [1.165, 1.54) is 11.3 Å². The van der Waals surface area contributed by atoms with Crippen molar-refractivity contribution < 1.29 is 0 Å². The summed E-state index contributed by atoms with van der Waals surface area (Å²) < 4.78 is 3.98. The summed E-state index contributed by atoms with van der Waals surface area (Å²) in [6.07, 6.45) is 4.40. The minimum atomic E-state index is 0.664.